The monoisotopic (exact) mass is 473 g/mol. The Bertz CT molecular complexity index is 680. The zero-order valence-corrected chi connectivity index (χ0v) is 21.8. The van der Waals surface area contributed by atoms with Crippen LogP contribution in [0.3, 0.4) is 0 Å². The fraction of sp³-hybridized carbons (Fsp3) is 0.696. The van der Waals surface area contributed by atoms with E-state index in [0.29, 0.717) is 5.75 Å². The summed E-state index contributed by atoms with van der Waals surface area (Å²) in [6.45, 7) is 12.9. The van der Waals surface area contributed by atoms with Gasteiger partial charge in [-0.1, -0.05) is 50.1 Å². The van der Waals surface area contributed by atoms with Crippen LogP contribution in [0.1, 0.15) is 79.3 Å². The van der Waals surface area contributed by atoms with E-state index in [1.165, 1.54) is 6.42 Å². The van der Waals surface area contributed by atoms with Gasteiger partial charge in [0.25, 0.3) is 0 Å². The average molecular weight is 474 g/mol. The van der Waals surface area contributed by atoms with Gasteiger partial charge in [0.2, 0.25) is 5.91 Å². The molecule has 0 unspecified atom stereocenters. The van der Waals surface area contributed by atoms with Crippen LogP contribution in [0.4, 0.5) is 0 Å². The lowest BCUT2D eigenvalue weighted by molar-refractivity contribution is -0.119. The molecular formula is C23H40NO5PS. The van der Waals surface area contributed by atoms with Crippen molar-refractivity contribution in [2.75, 3.05) is 18.1 Å². The molecule has 8 heteroatoms. The van der Waals surface area contributed by atoms with Crippen LogP contribution in [0.5, 0.6) is 0 Å². The molecule has 0 aliphatic carbocycles. The van der Waals surface area contributed by atoms with Gasteiger partial charge in [0.1, 0.15) is 0 Å². The SMILES string of the molecule is CCCCCSCC(=O)N[C@@H](COP(=O)(OC(C)(C)C)OC(C)(C)C)c1ccccc1. The molecule has 1 aromatic rings. The number of nitrogens with one attached hydrogen (secondary N) is 1. The van der Waals surface area contributed by atoms with Gasteiger partial charge >= 0.3 is 7.82 Å². The molecule has 0 aromatic heterocycles. The number of phosphoric acid groups is 1. The minimum Gasteiger partial charge on any atom is -0.346 e. The maximum absolute atomic E-state index is 13.4. The van der Waals surface area contributed by atoms with Gasteiger partial charge in [-0.3, -0.25) is 18.4 Å². The molecule has 0 heterocycles. The van der Waals surface area contributed by atoms with Gasteiger partial charge in [0, 0.05) is 0 Å². The topological polar surface area (TPSA) is 73.9 Å². The number of rotatable bonds is 13. The largest absolute Gasteiger partial charge is 0.475 e. The lowest BCUT2D eigenvalue weighted by atomic mass is 10.1. The van der Waals surface area contributed by atoms with E-state index in [-0.39, 0.29) is 12.5 Å². The van der Waals surface area contributed by atoms with Gasteiger partial charge in [-0.25, -0.2) is 4.57 Å². The van der Waals surface area contributed by atoms with Crippen molar-refractivity contribution >= 4 is 25.5 Å². The second-order valence-corrected chi connectivity index (χ2v) is 12.1. The highest BCUT2D eigenvalue weighted by Gasteiger charge is 2.38. The molecule has 0 saturated carbocycles. The summed E-state index contributed by atoms with van der Waals surface area (Å²) >= 11 is 1.62. The maximum Gasteiger partial charge on any atom is 0.475 e. The molecule has 0 aliphatic rings. The van der Waals surface area contributed by atoms with Crippen LogP contribution in [0.2, 0.25) is 0 Å². The van der Waals surface area contributed by atoms with Gasteiger partial charge in [-0.05, 0) is 59.3 Å². The van der Waals surface area contributed by atoms with E-state index in [2.05, 4.69) is 12.2 Å². The number of amides is 1. The Balaban J connectivity index is 2.86. The van der Waals surface area contributed by atoms with Gasteiger partial charge in [-0.2, -0.15) is 11.8 Å². The summed E-state index contributed by atoms with van der Waals surface area (Å²) in [7, 11) is -3.87. The average Bonchev–Trinajstić information content (AvgIpc) is 2.62. The van der Waals surface area contributed by atoms with Crippen LogP contribution in [-0.4, -0.2) is 35.2 Å². The smallest absolute Gasteiger partial charge is 0.346 e. The zero-order valence-electron chi connectivity index (χ0n) is 20.1. The van der Waals surface area contributed by atoms with Gasteiger partial charge < -0.3 is 5.32 Å². The third-order valence-corrected chi connectivity index (χ3v) is 6.88. The first kappa shape index (κ1) is 28.2. The fourth-order valence-electron chi connectivity index (χ4n) is 2.67. The number of hydrogen-bond acceptors (Lipinski definition) is 6. The number of phosphoric ester groups is 1. The highest BCUT2D eigenvalue weighted by atomic mass is 32.2. The molecule has 0 fully saturated rings. The zero-order chi connectivity index (χ0) is 23.5. The lowest BCUT2D eigenvalue weighted by Gasteiger charge is -2.32. The van der Waals surface area contributed by atoms with Crippen LogP contribution in [0.15, 0.2) is 30.3 Å². The molecule has 1 atom stereocenters. The molecule has 1 amide bonds. The summed E-state index contributed by atoms with van der Waals surface area (Å²) in [5, 5.41) is 3.01. The van der Waals surface area contributed by atoms with Gasteiger partial charge in [0.15, 0.2) is 0 Å². The minimum absolute atomic E-state index is 0.0281. The molecule has 0 spiro atoms. The van der Waals surface area contributed by atoms with Crippen LogP contribution >= 0.6 is 19.6 Å². The van der Waals surface area contributed by atoms with Crippen molar-refractivity contribution in [1.82, 2.24) is 5.32 Å². The predicted octanol–water partition coefficient (Wildman–Crippen LogP) is 6.52. The Morgan fingerprint density at radius 2 is 1.61 bits per heavy atom. The summed E-state index contributed by atoms with van der Waals surface area (Å²) in [6.07, 6.45) is 3.44. The maximum atomic E-state index is 13.4. The summed E-state index contributed by atoms with van der Waals surface area (Å²) in [4.78, 5) is 12.5. The molecule has 31 heavy (non-hydrogen) atoms. The van der Waals surface area contributed by atoms with E-state index in [4.69, 9.17) is 13.6 Å². The van der Waals surface area contributed by atoms with E-state index in [0.717, 1.165) is 24.2 Å². The minimum atomic E-state index is -3.87. The number of unbranched alkanes of at least 4 members (excludes halogenated alkanes) is 2. The first-order chi connectivity index (χ1) is 14.3. The molecular weight excluding hydrogens is 433 g/mol. The third-order valence-electron chi connectivity index (χ3n) is 3.83. The molecule has 0 aliphatic heterocycles. The van der Waals surface area contributed by atoms with Gasteiger partial charge in [0.05, 0.1) is 29.6 Å². The van der Waals surface area contributed by atoms with Crippen LogP contribution in [0, 0.1) is 0 Å². The number of thioether (sulfide) groups is 1. The van der Waals surface area contributed by atoms with Gasteiger partial charge in [-0.15, -0.1) is 0 Å². The number of carbonyl (C=O) groups excluding carboxylic acids is 1. The van der Waals surface area contributed by atoms with E-state index < -0.39 is 25.1 Å². The van der Waals surface area contributed by atoms with E-state index in [1.807, 2.05) is 30.3 Å². The second-order valence-electron chi connectivity index (χ2n) is 9.44. The van der Waals surface area contributed by atoms with Crippen molar-refractivity contribution in [3.63, 3.8) is 0 Å². The lowest BCUT2D eigenvalue weighted by Crippen LogP contribution is -2.33. The van der Waals surface area contributed by atoms with Crippen molar-refractivity contribution in [2.24, 2.45) is 0 Å². The Hall–Kier alpha value is -0.850. The Kier molecular flexibility index (Phi) is 11.8. The normalized spacial score (nSPS) is 13.8. The van der Waals surface area contributed by atoms with Crippen molar-refractivity contribution < 1.29 is 22.9 Å². The Morgan fingerprint density at radius 3 is 2.13 bits per heavy atom. The first-order valence-corrected chi connectivity index (χ1v) is 13.5. The van der Waals surface area contributed by atoms with Crippen molar-refractivity contribution in [2.45, 2.75) is 85.0 Å². The Morgan fingerprint density at radius 1 is 1.03 bits per heavy atom. The summed E-state index contributed by atoms with van der Waals surface area (Å²) in [6, 6.07) is 9.04. The van der Waals surface area contributed by atoms with Crippen LogP contribution in [0.25, 0.3) is 0 Å². The van der Waals surface area contributed by atoms with Crippen LogP contribution < -0.4 is 5.32 Å². The molecule has 6 nitrogen and oxygen atoms in total. The highest BCUT2D eigenvalue weighted by Crippen LogP contribution is 2.55. The van der Waals surface area contributed by atoms with Crippen LogP contribution in [-0.2, 0) is 22.9 Å². The summed E-state index contributed by atoms with van der Waals surface area (Å²) in [5.74, 6) is 1.26. The molecule has 0 saturated heterocycles. The fourth-order valence-corrected chi connectivity index (χ4v) is 5.31. The third kappa shape index (κ3) is 13.3. The molecule has 1 N–H and O–H groups in total. The molecule has 0 radical (unpaired) electrons. The number of carbonyl (C=O) groups is 1. The molecule has 178 valence electrons. The predicted molar refractivity (Wildman–Crippen MR) is 129 cm³/mol. The van der Waals surface area contributed by atoms with E-state index in [9.17, 15) is 9.36 Å². The van der Waals surface area contributed by atoms with Crippen molar-refractivity contribution in [3.05, 3.63) is 35.9 Å². The van der Waals surface area contributed by atoms with Crippen molar-refractivity contribution in [3.8, 4) is 0 Å². The highest BCUT2D eigenvalue weighted by molar-refractivity contribution is 7.99. The quantitative estimate of drug-likeness (QED) is 0.260. The number of hydrogen-bond donors (Lipinski definition) is 1. The molecule has 0 bridgehead atoms. The summed E-state index contributed by atoms with van der Waals surface area (Å²) < 4.78 is 30.5. The van der Waals surface area contributed by atoms with Crippen molar-refractivity contribution in [1.29, 1.82) is 0 Å². The standard InChI is InChI=1S/C23H40NO5PS/c1-8-9-13-16-31-18-21(25)24-20(19-14-11-10-12-15-19)17-27-30(26,28-22(2,3)4)29-23(5,6)7/h10-12,14-15,20H,8-9,13,16-18H2,1-7H3,(H,24,25)/t20-/m0/s1. The molecule has 1 aromatic carbocycles. The first-order valence-electron chi connectivity index (χ1n) is 10.9. The van der Waals surface area contributed by atoms with E-state index in [1.54, 1.807) is 53.3 Å². The second kappa shape index (κ2) is 13.0. The number of benzene rings is 1. The molecule has 1 rings (SSSR count). The summed E-state index contributed by atoms with van der Waals surface area (Å²) in [5.41, 5.74) is -0.576. The Labute approximate surface area is 192 Å². The van der Waals surface area contributed by atoms with E-state index >= 15 is 0 Å².